The summed E-state index contributed by atoms with van der Waals surface area (Å²) in [4.78, 5) is 22.7. The summed E-state index contributed by atoms with van der Waals surface area (Å²) in [5.74, 6) is -1.26. The highest BCUT2D eigenvalue weighted by atomic mass is 16.6. The minimum absolute atomic E-state index is 0.0665. The predicted molar refractivity (Wildman–Crippen MR) is 71.5 cm³/mol. The SMILES string of the molecule is CC(C)(C)OC(=O)/C=C/c1ccc(O)cc1C(N)=O. The van der Waals surface area contributed by atoms with Gasteiger partial charge in [0.25, 0.3) is 0 Å². The molecule has 1 amide bonds. The van der Waals surface area contributed by atoms with Gasteiger partial charge in [-0.2, -0.15) is 0 Å². The summed E-state index contributed by atoms with van der Waals surface area (Å²) >= 11 is 0. The van der Waals surface area contributed by atoms with Crippen molar-refractivity contribution in [1.29, 1.82) is 0 Å². The Bertz CT molecular complexity index is 527. The lowest BCUT2D eigenvalue weighted by molar-refractivity contribution is -0.148. The zero-order valence-corrected chi connectivity index (χ0v) is 11.1. The largest absolute Gasteiger partial charge is 0.508 e. The van der Waals surface area contributed by atoms with Gasteiger partial charge in [0, 0.05) is 11.6 Å². The molecule has 1 aromatic carbocycles. The van der Waals surface area contributed by atoms with Crippen LogP contribution in [0.15, 0.2) is 24.3 Å². The summed E-state index contributed by atoms with van der Waals surface area (Å²) in [6.07, 6.45) is 2.64. The second kappa shape index (κ2) is 5.56. The fourth-order valence-electron chi connectivity index (χ4n) is 1.40. The first-order valence-corrected chi connectivity index (χ1v) is 5.73. The number of ether oxygens (including phenoxy) is 1. The Kier molecular flexibility index (Phi) is 4.32. The van der Waals surface area contributed by atoms with Crippen LogP contribution in [-0.2, 0) is 9.53 Å². The monoisotopic (exact) mass is 263 g/mol. The zero-order valence-electron chi connectivity index (χ0n) is 11.1. The van der Waals surface area contributed by atoms with Crippen LogP contribution in [0.1, 0.15) is 36.7 Å². The molecule has 3 N–H and O–H groups in total. The van der Waals surface area contributed by atoms with Gasteiger partial charge < -0.3 is 15.6 Å². The van der Waals surface area contributed by atoms with E-state index in [-0.39, 0.29) is 11.3 Å². The molecule has 0 fully saturated rings. The normalized spacial score (nSPS) is 11.5. The van der Waals surface area contributed by atoms with Gasteiger partial charge in [-0.1, -0.05) is 6.07 Å². The molecule has 19 heavy (non-hydrogen) atoms. The van der Waals surface area contributed by atoms with Crippen molar-refractivity contribution < 1.29 is 19.4 Å². The number of nitrogens with two attached hydrogens (primary N) is 1. The van der Waals surface area contributed by atoms with Crippen LogP contribution in [0.5, 0.6) is 5.75 Å². The van der Waals surface area contributed by atoms with Gasteiger partial charge in [0.15, 0.2) is 0 Å². The summed E-state index contributed by atoms with van der Waals surface area (Å²) < 4.78 is 5.09. The van der Waals surface area contributed by atoms with E-state index in [0.717, 1.165) is 0 Å². The quantitative estimate of drug-likeness (QED) is 0.643. The average Bonchev–Trinajstić information content (AvgIpc) is 2.24. The first-order valence-electron chi connectivity index (χ1n) is 5.73. The number of primary amides is 1. The molecule has 1 aromatic rings. The number of carbonyl (C=O) groups excluding carboxylic acids is 2. The first-order chi connectivity index (χ1) is 8.69. The topological polar surface area (TPSA) is 89.6 Å². The number of esters is 1. The summed E-state index contributed by atoms with van der Waals surface area (Å²) in [6.45, 7) is 5.27. The molecular weight excluding hydrogens is 246 g/mol. The molecule has 0 bridgehead atoms. The van der Waals surface area contributed by atoms with Crippen LogP contribution in [0.25, 0.3) is 6.08 Å². The van der Waals surface area contributed by atoms with Gasteiger partial charge in [-0.05, 0) is 44.5 Å². The second-order valence-electron chi connectivity index (χ2n) is 5.00. The van der Waals surface area contributed by atoms with Crippen LogP contribution >= 0.6 is 0 Å². The van der Waals surface area contributed by atoms with E-state index in [9.17, 15) is 14.7 Å². The number of rotatable bonds is 3. The Morgan fingerprint density at radius 1 is 1.32 bits per heavy atom. The zero-order chi connectivity index (χ0) is 14.6. The molecule has 0 aliphatic carbocycles. The van der Waals surface area contributed by atoms with Crippen molar-refractivity contribution in [3.05, 3.63) is 35.4 Å². The highest BCUT2D eigenvalue weighted by Gasteiger charge is 2.14. The maximum atomic E-state index is 11.5. The number of hydrogen-bond acceptors (Lipinski definition) is 4. The van der Waals surface area contributed by atoms with E-state index in [0.29, 0.717) is 5.56 Å². The average molecular weight is 263 g/mol. The smallest absolute Gasteiger partial charge is 0.331 e. The Morgan fingerprint density at radius 3 is 2.47 bits per heavy atom. The molecule has 0 heterocycles. The van der Waals surface area contributed by atoms with E-state index >= 15 is 0 Å². The third-order valence-electron chi connectivity index (χ3n) is 2.11. The van der Waals surface area contributed by atoms with Crippen LogP contribution in [0.3, 0.4) is 0 Å². The van der Waals surface area contributed by atoms with Gasteiger partial charge in [0.1, 0.15) is 11.4 Å². The highest BCUT2D eigenvalue weighted by molar-refractivity contribution is 5.98. The lowest BCUT2D eigenvalue weighted by atomic mass is 10.1. The van der Waals surface area contributed by atoms with E-state index in [4.69, 9.17) is 10.5 Å². The van der Waals surface area contributed by atoms with E-state index in [1.807, 2.05) is 0 Å². The van der Waals surface area contributed by atoms with Gasteiger partial charge in [0.05, 0.1) is 0 Å². The van der Waals surface area contributed by atoms with Crippen molar-refractivity contribution in [1.82, 2.24) is 0 Å². The van der Waals surface area contributed by atoms with Crippen LogP contribution in [0.4, 0.5) is 0 Å². The number of hydrogen-bond donors (Lipinski definition) is 2. The lowest BCUT2D eigenvalue weighted by Gasteiger charge is -2.17. The number of benzene rings is 1. The maximum absolute atomic E-state index is 11.5. The summed E-state index contributed by atoms with van der Waals surface area (Å²) in [6, 6.07) is 4.15. The third-order valence-corrected chi connectivity index (χ3v) is 2.11. The molecule has 0 radical (unpaired) electrons. The minimum atomic E-state index is -0.681. The lowest BCUT2D eigenvalue weighted by Crippen LogP contribution is -2.22. The fourth-order valence-corrected chi connectivity index (χ4v) is 1.40. The molecule has 0 saturated carbocycles. The molecule has 0 aromatic heterocycles. The van der Waals surface area contributed by atoms with Crippen molar-refractivity contribution in [3.8, 4) is 5.75 Å². The van der Waals surface area contributed by atoms with Crippen molar-refractivity contribution >= 4 is 18.0 Å². The van der Waals surface area contributed by atoms with Gasteiger partial charge in [-0.25, -0.2) is 4.79 Å². The molecule has 5 heteroatoms. The molecular formula is C14H17NO4. The molecule has 1 rings (SSSR count). The Balaban J connectivity index is 2.94. The molecule has 0 unspecified atom stereocenters. The molecule has 0 atom stereocenters. The molecule has 0 aliphatic heterocycles. The summed E-state index contributed by atoms with van der Waals surface area (Å²) in [5, 5.41) is 9.29. The number of carbonyl (C=O) groups is 2. The number of aromatic hydroxyl groups is 1. The third kappa shape index (κ3) is 4.83. The maximum Gasteiger partial charge on any atom is 0.331 e. The Morgan fingerprint density at radius 2 is 1.95 bits per heavy atom. The van der Waals surface area contributed by atoms with Crippen molar-refractivity contribution in [3.63, 3.8) is 0 Å². The number of phenols is 1. The van der Waals surface area contributed by atoms with Gasteiger partial charge in [-0.15, -0.1) is 0 Å². The number of amides is 1. The number of phenolic OH excluding ortho intramolecular Hbond substituents is 1. The van der Waals surface area contributed by atoms with Crippen LogP contribution in [0, 0.1) is 0 Å². The second-order valence-corrected chi connectivity index (χ2v) is 5.00. The van der Waals surface area contributed by atoms with Gasteiger partial charge >= 0.3 is 5.97 Å². The van der Waals surface area contributed by atoms with E-state index in [1.54, 1.807) is 20.8 Å². The van der Waals surface area contributed by atoms with Crippen molar-refractivity contribution in [2.24, 2.45) is 5.73 Å². The minimum Gasteiger partial charge on any atom is -0.508 e. The van der Waals surface area contributed by atoms with E-state index in [1.165, 1.54) is 30.4 Å². The first kappa shape index (κ1) is 14.8. The standard InChI is InChI=1S/C14H17NO4/c1-14(2,3)19-12(17)7-5-9-4-6-10(16)8-11(9)13(15)18/h4-8,16H,1-3H3,(H2,15,18)/b7-5+. The van der Waals surface area contributed by atoms with Gasteiger partial charge in [-0.3, -0.25) is 4.79 Å². The molecule has 0 spiro atoms. The van der Waals surface area contributed by atoms with Gasteiger partial charge in [0.2, 0.25) is 5.91 Å². The van der Waals surface area contributed by atoms with Crippen LogP contribution < -0.4 is 5.73 Å². The molecule has 0 aliphatic rings. The van der Waals surface area contributed by atoms with E-state index < -0.39 is 17.5 Å². The van der Waals surface area contributed by atoms with Crippen molar-refractivity contribution in [2.75, 3.05) is 0 Å². The highest BCUT2D eigenvalue weighted by Crippen LogP contribution is 2.18. The molecule has 0 saturated heterocycles. The van der Waals surface area contributed by atoms with Crippen LogP contribution in [-0.4, -0.2) is 22.6 Å². The van der Waals surface area contributed by atoms with Crippen LogP contribution in [0.2, 0.25) is 0 Å². The molecule has 102 valence electrons. The predicted octanol–water partition coefficient (Wildman–Crippen LogP) is 1.85. The Hall–Kier alpha value is -2.30. The molecule has 5 nitrogen and oxygen atoms in total. The Labute approximate surface area is 111 Å². The fraction of sp³-hybridized carbons (Fsp3) is 0.286. The van der Waals surface area contributed by atoms with Crippen molar-refractivity contribution in [2.45, 2.75) is 26.4 Å². The van der Waals surface area contributed by atoms with E-state index in [2.05, 4.69) is 0 Å². The summed E-state index contributed by atoms with van der Waals surface area (Å²) in [5.41, 5.74) is 5.19. The summed E-state index contributed by atoms with van der Waals surface area (Å²) in [7, 11) is 0.